The van der Waals surface area contributed by atoms with Crippen LogP contribution in [0.2, 0.25) is 0 Å². The molecule has 132 valence electrons. The molecule has 2 heterocycles. The Balaban J connectivity index is 1.56. The van der Waals surface area contributed by atoms with E-state index >= 15 is 0 Å². The Morgan fingerprint density at radius 2 is 1.92 bits per heavy atom. The van der Waals surface area contributed by atoms with Crippen LogP contribution in [0.5, 0.6) is 5.75 Å². The second-order valence-electron chi connectivity index (χ2n) is 6.42. The van der Waals surface area contributed by atoms with E-state index in [4.69, 9.17) is 4.74 Å². The van der Waals surface area contributed by atoms with E-state index < -0.39 is 5.82 Å². The number of nitrogens with zero attached hydrogens (tertiary/aromatic N) is 2. The zero-order valence-corrected chi connectivity index (χ0v) is 14.4. The molecular formula is C21H19FN2O2. The van der Waals surface area contributed by atoms with E-state index in [-0.39, 0.29) is 5.75 Å². The van der Waals surface area contributed by atoms with Gasteiger partial charge in [-0.25, -0.2) is 9.07 Å². The first kappa shape index (κ1) is 16.5. The van der Waals surface area contributed by atoms with Crippen molar-refractivity contribution in [2.75, 3.05) is 6.61 Å². The van der Waals surface area contributed by atoms with Crippen LogP contribution in [-0.4, -0.2) is 21.5 Å². The number of benzene rings is 2. The summed E-state index contributed by atoms with van der Waals surface area (Å²) in [6.45, 7) is 3.03. The van der Waals surface area contributed by atoms with Crippen LogP contribution in [0.15, 0.2) is 42.6 Å². The number of hydrogen-bond acceptors (Lipinski definition) is 3. The van der Waals surface area contributed by atoms with E-state index in [0.717, 1.165) is 29.8 Å². The summed E-state index contributed by atoms with van der Waals surface area (Å²) < 4.78 is 21.0. The number of hydrogen-bond donors (Lipinski definition) is 1. The predicted octanol–water partition coefficient (Wildman–Crippen LogP) is 4.27. The van der Waals surface area contributed by atoms with E-state index in [0.29, 0.717) is 17.7 Å². The number of fused-ring (bicyclic) bond motifs is 1. The smallest absolute Gasteiger partial charge is 0.165 e. The summed E-state index contributed by atoms with van der Waals surface area (Å²) in [4.78, 5) is 0. The molecule has 0 fully saturated rings. The molecule has 0 radical (unpaired) electrons. The molecule has 0 aliphatic carbocycles. The molecule has 4 nitrogen and oxygen atoms in total. The van der Waals surface area contributed by atoms with Gasteiger partial charge < -0.3 is 9.84 Å². The number of ether oxygens (including phenoxy) is 1. The number of aromatic hydroxyl groups is 1. The minimum atomic E-state index is -0.604. The summed E-state index contributed by atoms with van der Waals surface area (Å²) in [6.07, 6.45) is 6.48. The van der Waals surface area contributed by atoms with E-state index in [1.165, 1.54) is 11.8 Å². The second-order valence-corrected chi connectivity index (χ2v) is 6.42. The van der Waals surface area contributed by atoms with Crippen LogP contribution < -0.4 is 0 Å². The lowest BCUT2D eigenvalue weighted by molar-refractivity contribution is 0.109. The maximum Gasteiger partial charge on any atom is 0.165 e. The van der Waals surface area contributed by atoms with Gasteiger partial charge in [0, 0.05) is 12.0 Å². The van der Waals surface area contributed by atoms with Crippen molar-refractivity contribution < 1.29 is 14.2 Å². The lowest BCUT2D eigenvalue weighted by Crippen LogP contribution is -2.12. The summed E-state index contributed by atoms with van der Waals surface area (Å²) in [7, 11) is 0. The van der Waals surface area contributed by atoms with Crippen molar-refractivity contribution in [3.8, 4) is 11.4 Å². The fourth-order valence-corrected chi connectivity index (χ4v) is 3.15. The highest BCUT2D eigenvalue weighted by molar-refractivity contribution is 5.70. The van der Waals surface area contributed by atoms with Crippen LogP contribution in [0.25, 0.3) is 17.8 Å². The van der Waals surface area contributed by atoms with Gasteiger partial charge in [0.25, 0.3) is 0 Å². The highest BCUT2D eigenvalue weighted by Gasteiger charge is 2.16. The van der Waals surface area contributed by atoms with Gasteiger partial charge >= 0.3 is 0 Å². The monoisotopic (exact) mass is 350 g/mol. The SMILES string of the molecule is Cc1cc(/C=C/c2ccc(-n3ncc4c3CCOC4)cc2)cc(F)c1O. The van der Waals surface area contributed by atoms with Gasteiger partial charge in [0.1, 0.15) is 0 Å². The molecule has 5 heteroatoms. The summed E-state index contributed by atoms with van der Waals surface area (Å²) in [5, 5.41) is 14.0. The first-order valence-corrected chi connectivity index (χ1v) is 8.53. The van der Waals surface area contributed by atoms with Gasteiger partial charge in [-0.1, -0.05) is 24.3 Å². The molecule has 0 amide bonds. The van der Waals surface area contributed by atoms with Gasteiger partial charge in [-0.3, -0.25) is 0 Å². The Morgan fingerprint density at radius 1 is 1.15 bits per heavy atom. The fraction of sp³-hybridized carbons (Fsp3) is 0.190. The van der Waals surface area contributed by atoms with Crippen molar-refractivity contribution in [1.82, 2.24) is 9.78 Å². The van der Waals surface area contributed by atoms with Crippen LogP contribution in [0.1, 0.15) is 27.9 Å². The van der Waals surface area contributed by atoms with E-state index in [1.54, 1.807) is 13.0 Å². The van der Waals surface area contributed by atoms with Gasteiger partial charge in [-0.2, -0.15) is 5.10 Å². The highest BCUT2D eigenvalue weighted by Crippen LogP contribution is 2.24. The molecule has 1 aliphatic heterocycles. The lowest BCUT2D eigenvalue weighted by Gasteiger charge is -2.14. The molecular weight excluding hydrogens is 331 g/mol. The molecule has 0 saturated carbocycles. The van der Waals surface area contributed by atoms with E-state index in [1.807, 2.05) is 47.3 Å². The molecule has 3 aromatic rings. The van der Waals surface area contributed by atoms with Crippen molar-refractivity contribution in [3.05, 3.63) is 76.4 Å². The average molecular weight is 350 g/mol. The quantitative estimate of drug-likeness (QED) is 0.718. The van der Waals surface area contributed by atoms with Crippen molar-refractivity contribution in [2.24, 2.45) is 0 Å². The van der Waals surface area contributed by atoms with Crippen LogP contribution in [0.4, 0.5) is 4.39 Å². The largest absolute Gasteiger partial charge is 0.505 e. The lowest BCUT2D eigenvalue weighted by atomic mass is 10.1. The number of aromatic nitrogens is 2. The molecule has 26 heavy (non-hydrogen) atoms. The van der Waals surface area contributed by atoms with Crippen LogP contribution in [0.3, 0.4) is 0 Å². The number of phenolic OH excluding ortho intramolecular Hbond substituents is 1. The van der Waals surface area contributed by atoms with Crippen LogP contribution in [0, 0.1) is 12.7 Å². The standard InChI is InChI=1S/C21H19FN2O2/c1-14-10-16(11-19(22)21(14)25)3-2-15-4-6-18(7-5-15)24-20-8-9-26-13-17(20)12-23-24/h2-7,10-12,25H,8-9,13H2,1H3/b3-2+. The van der Waals surface area contributed by atoms with Gasteiger partial charge in [0.05, 0.1) is 30.8 Å². The summed E-state index contributed by atoms with van der Waals surface area (Å²) in [6, 6.07) is 11.1. The van der Waals surface area contributed by atoms with Gasteiger partial charge in [-0.05, 0) is 47.9 Å². The third-order valence-electron chi connectivity index (χ3n) is 4.58. The van der Waals surface area contributed by atoms with Gasteiger partial charge in [0.15, 0.2) is 11.6 Å². The third-order valence-corrected chi connectivity index (χ3v) is 4.58. The minimum absolute atomic E-state index is 0.292. The molecule has 4 rings (SSSR count). The second kappa shape index (κ2) is 6.77. The molecule has 0 spiro atoms. The average Bonchev–Trinajstić information content (AvgIpc) is 3.09. The summed E-state index contributed by atoms with van der Waals surface area (Å²) in [5.41, 5.74) is 5.59. The normalized spacial score (nSPS) is 13.9. The number of phenols is 1. The number of halogens is 1. The molecule has 0 unspecified atom stereocenters. The zero-order valence-electron chi connectivity index (χ0n) is 14.4. The van der Waals surface area contributed by atoms with E-state index in [2.05, 4.69) is 5.10 Å². The van der Waals surface area contributed by atoms with Crippen LogP contribution in [-0.2, 0) is 17.8 Å². The highest BCUT2D eigenvalue weighted by atomic mass is 19.1. The summed E-state index contributed by atoms with van der Waals surface area (Å²) >= 11 is 0. The van der Waals surface area contributed by atoms with Crippen molar-refractivity contribution in [1.29, 1.82) is 0 Å². The maximum atomic E-state index is 13.6. The predicted molar refractivity (Wildman–Crippen MR) is 98.7 cm³/mol. The Hall–Kier alpha value is -2.92. The zero-order chi connectivity index (χ0) is 18.1. The fourth-order valence-electron chi connectivity index (χ4n) is 3.15. The molecule has 1 aromatic heterocycles. The number of rotatable bonds is 3. The summed E-state index contributed by atoms with van der Waals surface area (Å²) in [5.74, 6) is -0.896. The van der Waals surface area contributed by atoms with Crippen LogP contribution >= 0.6 is 0 Å². The van der Waals surface area contributed by atoms with Crippen molar-refractivity contribution in [2.45, 2.75) is 20.0 Å². The molecule has 1 aliphatic rings. The Labute approximate surface area is 151 Å². The van der Waals surface area contributed by atoms with Gasteiger partial charge in [-0.15, -0.1) is 0 Å². The Morgan fingerprint density at radius 3 is 2.69 bits per heavy atom. The van der Waals surface area contributed by atoms with Gasteiger partial charge in [0.2, 0.25) is 0 Å². The van der Waals surface area contributed by atoms with E-state index in [9.17, 15) is 9.50 Å². The van der Waals surface area contributed by atoms with Crippen molar-refractivity contribution >= 4 is 12.2 Å². The minimum Gasteiger partial charge on any atom is -0.505 e. The maximum absolute atomic E-state index is 13.6. The Bertz CT molecular complexity index is 951. The first-order valence-electron chi connectivity index (χ1n) is 8.53. The molecule has 0 saturated heterocycles. The van der Waals surface area contributed by atoms with Crippen molar-refractivity contribution in [3.63, 3.8) is 0 Å². The Kier molecular flexibility index (Phi) is 4.31. The number of aryl methyl sites for hydroxylation is 1. The first-order chi connectivity index (χ1) is 12.6. The topological polar surface area (TPSA) is 47.3 Å². The third kappa shape index (κ3) is 3.13. The molecule has 0 bridgehead atoms. The molecule has 1 N–H and O–H groups in total. The molecule has 2 aromatic carbocycles. The molecule has 0 atom stereocenters.